The molecule has 0 saturated heterocycles. The molecule has 0 saturated carbocycles. The van der Waals surface area contributed by atoms with Crippen LogP contribution < -0.4 is 0 Å². The van der Waals surface area contributed by atoms with Gasteiger partial charge in [-0.1, -0.05) is 166 Å². The molecule has 0 unspecified atom stereocenters. The van der Waals surface area contributed by atoms with Crippen molar-refractivity contribution in [3.63, 3.8) is 0 Å². The van der Waals surface area contributed by atoms with Crippen LogP contribution in [0.25, 0.3) is 0 Å². The van der Waals surface area contributed by atoms with E-state index in [1.165, 1.54) is 115 Å². The summed E-state index contributed by atoms with van der Waals surface area (Å²) < 4.78 is 71.8. The molecule has 0 bridgehead atoms. The third-order valence-electron chi connectivity index (χ3n) is 8.10. The molecule has 0 aliphatic heterocycles. The van der Waals surface area contributed by atoms with Gasteiger partial charge in [0.2, 0.25) is 0 Å². The summed E-state index contributed by atoms with van der Waals surface area (Å²) in [5.41, 5.74) is 1.45. The molecule has 46 heavy (non-hydrogen) atoms. The summed E-state index contributed by atoms with van der Waals surface area (Å²) in [7, 11) is -8.19. The molecule has 0 aliphatic rings. The summed E-state index contributed by atoms with van der Waals surface area (Å²) in [6.07, 6.45) is 26.6. The first-order chi connectivity index (χ1) is 22.1. The fourth-order valence-corrected chi connectivity index (χ4v) is 7.03. The molecule has 0 fully saturated rings. The first-order valence-corrected chi connectivity index (χ1v) is 20.9. The predicted molar refractivity (Wildman–Crippen MR) is 184 cm³/mol. The molecule has 262 valence electrons. The topological polar surface area (TPSA) is 126 Å². The molecular weight excluding hydrogens is 656 g/mol. The van der Waals surface area contributed by atoms with Crippen LogP contribution in [0.5, 0.6) is 0 Å². The van der Waals surface area contributed by atoms with Crippen LogP contribution in [0.2, 0.25) is 0 Å². The number of rotatable bonds is 24. The van der Waals surface area contributed by atoms with E-state index in [9.17, 15) is 25.9 Å². The SMILES string of the molecule is CCCCCCCCCCCCc1ccccc1S(=O)(=O)O.CCCCCCCCCCCCc1ccccc1S(=O)(=O)O.[O]=[Ti]. The number of hydrogen-bond acceptors (Lipinski definition) is 5. The van der Waals surface area contributed by atoms with Crippen LogP contribution in [-0.2, 0) is 56.8 Å². The van der Waals surface area contributed by atoms with Crippen LogP contribution in [-0.4, -0.2) is 25.9 Å². The molecule has 7 nitrogen and oxygen atoms in total. The molecule has 2 rings (SSSR count). The van der Waals surface area contributed by atoms with Crippen molar-refractivity contribution in [1.29, 1.82) is 0 Å². The molecule has 0 amide bonds. The first kappa shape index (κ1) is 44.8. The second-order valence-electron chi connectivity index (χ2n) is 12.0. The molecule has 2 aromatic rings. The molecule has 0 radical (unpaired) electrons. The van der Waals surface area contributed by atoms with Gasteiger partial charge < -0.3 is 0 Å². The maximum atomic E-state index is 11.3. The van der Waals surface area contributed by atoms with E-state index in [4.69, 9.17) is 3.32 Å². The van der Waals surface area contributed by atoms with Gasteiger partial charge in [-0.15, -0.1) is 0 Å². The van der Waals surface area contributed by atoms with Gasteiger partial charge in [0.25, 0.3) is 20.2 Å². The molecule has 10 heteroatoms. The Morgan fingerprint density at radius 2 is 0.674 bits per heavy atom. The van der Waals surface area contributed by atoms with Crippen LogP contribution in [0.15, 0.2) is 58.3 Å². The quantitative estimate of drug-likeness (QED) is 0.0629. The fraction of sp³-hybridized carbons (Fsp3) is 0.667. The van der Waals surface area contributed by atoms with Gasteiger partial charge in [0, 0.05) is 0 Å². The molecule has 0 atom stereocenters. The second kappa shape index (κ2) is 28.8. The number of benzene rings is 2. The van der Waals surface area contributed by atoms with Crippen molar-refractivity contribution in [2.75, 3.05) is 0 Å². The van der Waals surface area contributed by atoms with Crippen LogP contribution in [0.3, 0.4) is 0 Å². The van der Waals surface area contributed by atoms with Gasteiger partial charge in [-0.05, 0) is 48.9 Å². The minimum absolute atomic E-state index is 0.0610. The Morgan fingerprint density at radius 3 is 0.935 bits per heavy atom. The van der Waals surface area contributed by atoms with Crippen LogP contribution in [0.1, 0.15) is 153 Å². The number of unbranched alkanes of at least 4 members (excludes halogenated alkanes) is 18. The van der Waals surface area contributed by atoms with Crippen LogP contribution in [0, 0.1) is 0 Å². The summed E-state index contributed by atoms with van der Waals surface area (Å²) in [5.74, 6) is 0. The minimum atomic E-state index is -4.10. The Hall–Kier alpha value is -1.23. The van der Waals surface area contributed by atoms with Crippen LogP contribution in [0.4, 0.5) is 0 Å². The van der Waals surface area contributed by atoms with E-state index < -0.39 is 20.2 Å². The van der Waals surface area contributed by atoms with Gasteiger partial charge >= 0.3 is 23.7 Å². The van der Waals surface area contributed by atoms with E-state index in [1.807, 2.05) is 12.1 Å². The standard InChI is InChI=1S/2C18H30O3S.O.Ti/c2*1-2-3-4-5-6-7-8-9-10-11-14-17-15-12-13-16-18(17)22(19,20)21;;/h2*12-13,15-16H,2-11,14H2,1H3,(H,19,20,21);;. The van der Waals surface area contributed by atoms with Gasteiger partial charge in [-0.3, -0.25) is 9.11 Å². The van der Waals surface area contributed by atoms with Gasteiger partial charge in [-0.2, -0.15) is 16.8 Å². The van der Waals surface area contributed by atoms with E-state index in [2.05, 4.69) is 13.8 Å². The summed E-state index contributed by atoms with van der Waals surface area (Å²) in [6.45, 7) is 4.47. The average molecular weight is 717 g/mol. The summed E-state index contributed by atoms with van der Waals surface area (Å²) in [5, 5.41) is 0. The third kappa shape index (κ3) is 23.2. The van der Waals surface area contributed by atoms with Crippen molar-refractivity contribution in [3.05, 3.63) is 59.7 Å². The first-order valence-electron chi connectivity index (χ1n) is 17.4. The zero-order valence-electron chi connectivity index (χ0n) is 28.4. The normalized spacial score (nSPS) is 11.3. The van der Waals surface area contributed by atoms with Crippen molar-refractivity contribution < 1.29 is 49.7 Å². The van der Waals surface area contributed by atoms with E-state index in [-0.39, 0.29) is 9.79 Å². The van der Waals surface area contributed by atoms with E-state index in [0.717, 1.165) is 57.2 Å². The van der Waals surface area contributed by atoms with Gasteiger partial charge in [0.15, 0.2) is 0 Å². The summed E-state index contributed by atoms with van der Waals surface area (Å²) in [6, 6.07) is 13.5. The second-order valence-corrected chi connectivity index (χ2v) is 14.8. The molecule has 0 aliphatic carbocycles. The Morgan fingerprint density at radius 1 is 0.435 bits per heavy atom. The molecule has 2 N–H and O–H groups in total. The zero-order chi connectivity index (χ0) is 34.5. The van der Waals surface area contributed by atoms with Gasteiger partial charge in [-0.25, -0.2) is 0 Å². The van der Waals surface area contributed by atoms with E-state index in [0.29, 0.717) is 12.8 Å². The van der Waals surface area contributed by atoms with Crippen molar-refractivity contribution in [2.24, 2.45) is 0 Å². The maximum absolute atomic E-state index is 11.3. The van der Waals surface area contributed by atoms with Crippen LogP contribution >= 0.6 is 0 Å². The predicted octanol–water partition coefficient (Wildman–Crippen LogP) is 10.7. The number of hydrogen-bond donors (Lipinski definition) is 2. The summed E-state index contributed by atoms with van der Waals surface area (Å²) >= 11 is 0.750. The van der Waals surface area contributed by atoms with Gasteiger partial charge in [0.1, 0.15) is 0 Å². The number of aryl methyl sites for hydroxylation is 2. The third-order valence-corrected chi connectivity index (χ3v) is 10.0. The van der Waals surface area contributed by atoms with E-state index >= 15 is 0 Å². The Kier molecular flexibility index (Phi) is 28.0. The monoisotopic (exact) mass is 716 g/mol. The van der Waals surface area contributed by atoms with Crippen molar-refractivity contribution in [2.45, 2.75) is 165 Å². The van der Waals surface area contributed by atoms with E-state index in [1.54, 1.807) is 24.3 Å². The van der Waals surface area contributed by atoms with Crippen molar-refractivity contribution in [3.8, 4) is 0 Å². The Balaban J connectivity index is 0.000000835. The van der Waals surface area contributed by atoms with Crippen molar-refractivity contribution >= 4 is 20.2 Å². The summed E-state index contributed by atoms with van der Waals surface area (Å²) in [4.78, 5) is 0.122. The Labute approximate surface area is 293 Å². The molecular formula is C36H60O7S2Ti. The van der Waals surface area contributed by atoms with Crippen molar-refractivity contribution in [1.82, 2.24) is 0 Å². The Bertz CT molecular complexity index is 1140. The molecule has 0 heterocycles. The fourth-order valence-electron chi connectivity index (χ4n) is 5.53. The van der Waals surface area contributed by atoms with Gasteiger partial charge in [0.05, 0.1) is 9.79 Å². The molecule has 2 aromatic carbocycles. The average Bonchev–Trinajstić information content (AvgIpc) is 3.03. The zero-order valence-corrected chi connectivity index (χ0v) is 31.6. The molecule has 0 aromatic heterocycles. The molecule has 0 spiro atoms.